The first-order chi connectivity index (χ1) is 12.2. The third-order valence-electron chi connectivity index (χ3n) is 5.29. The minimum Gasteiger partial charge on any atom is -0.497 e. The van der Waals surface area contributed by atoms with Crippen molar-refractivity contribution in [2.75, 3.05) is 12.4 Å². The molecule has 3 atom stereocenters. The van der Waals surface area contributed by atoms with Gasteiger partial charge >= 0.3 is 0 Å². The third kappa shape index (κ3) is 2.89. The van der Waals surface area contributed by atoms with Gasteiger partial charge in [-0.25, -0.2) is 0 Å². The molecule has 2 aliphatic rings. The molecule has 0 saturated heterocycles. The normalized spacial score (nSPS) is 23.5. The summed E-state index contributed by atoms with van der Waals surface area (Å²) >= 11 is 3.71. The summed E-state index contributed by atoms with van der Waals surface area (Å²) in [6.45, 7) is 0. The topological polar surface area (TPSA) is 38.3 Å². The summed E-state index contributed by atoms with van der Waals surface area (Å²) in [6, 6.07) is 12.8. The van der Waals surface area contributed by atoms with Crippen LogP contribution in [0.25, 0.3) is 0 Å². The Balaban J connectivity index is 1.74. The summed E-state index contributed by atoms with van der Waals surface area (Å²) < 4.78 is 6.39. The molecule has 3 unspecified atom stereocenters. The van der Waals surface area contributed by atoms with Crippen LogP contribution in [0.1, 0.15) is 35.1 Å². The van der Waals surface area contributed by atoms with Crippen LogP contribution in [0.3, 0.4) is 0 Å². The Morgan fingerprint density at radius 2 is 2.12 bits per heavy atom. The summed E-state index contributed by atoms with van der Waals surface area (Å²) in [5.74, 6) is 1.72. The number of nitrogens with one attached hydrogen (secondary N) is 1. The Kier molecular flexibility index (Phi) is 4.38. The molecule has 0 spiro atoms. The second kappa shape index (κ2) is 6.68. The van der Waals surface area contributed by atoms with Gasteiger partial charge in [-0.2, -0.15) is 0 Å². The number of ether oxygens (including phenoxy) is 1. The lowest BCUT2D eigenvalue weighted by atomic mass is 9.76. The summed E-state index contributed by atoms with van der Waals surface area (Å²) in [6.07, 6.45) is 7.10. The van der Waals surface area contributed by atoms with Crippen molar-refractivity contribution in [1.29, 1.82) is 0 Å². The summed E-state index contributed by atoms with van der Waals surface area (Å²) in [5.41, 5.74) is 4.80. The molecular weight excluding hydrogens is 378 g/mol. The highest BCUT2D eigenvalue weighted by molar-refractivity contribution is 9.10. The molecule has 0 saturated carbocycles. The van der Waals surface area contributed by atoms with Gasteiger partial charge in [0.15, 0.2) is 0 Å². The quantitative estimate of drug-likeness (QED) is 0.580. The highest BCUT2D eigenvalue weighted by atomic mass is 79.9. The van der Waals surface area contributed by atoms with Gasteiger partial charge in [-0.05, 0) is 47.2 Å². The Morgan fingerprint density at radius 1 is 1.24 bits per heavy atom. The number of halogens is 1. The zero-order valence-corrected chi connectivity index (χ0v) is 15.6. The Hall–Kier alpha value is -2.07. The van der Waals surface area contributed by atoms with E-state index < -0.39 is 0 Å². The van der Waals surface area contributed by atoms with Crippen LogP contribution in [0.4, 0.5) is 5.69 Å². The number of rotatable bonds is 4. The number of fused-ring (bicyclic) bond motifs is 3. The van der Waals surface area contributed by atoms with Crippen LogP contribution in [0.15, 0.2) is 53.0 Å². The molecule has 0 bridgehead atoms. The van der Waals surface area contributed by atoms with Gasteiger partial charge in [0.05, 0.1) is 13.2 Å². The number of anilines is 1. The molecule has 1 aliphatic carbocycles. The number of allylic oxidation sites excluding steroid dienone is 2. The molecule has 3 nitrogen and oxygen atoms in total. The van der Waals surface area contributed by atoms with E-state index >= 15 is 0 Å². The fraction of sp³-hybridized carbons (Fsp3) is 0.286. The minimum absolute atomic E-state index is 0.240. The van der Waals surface area contributed by atoms with Crippen LogP contribution < -0.4 is 10.1 Å². The van der Waals surface area contributed by atoms with E-state index in [2.05, 4.69) is 51.6 Å². The largest absolute Gasteiger partial charge is 0.497 e. The average molecular weight is 398 g/mol. The number of aldehydes is 1. The number of methoxy groups -OCH3 is 1. The Bertz CT molecular complexity index is 846. The molecule has 25 heavy (non-hydrogen) atoms. The molecule has 1 aliphatic heterocycles. The van der Waals surface area contributed by atoms with Crippen LogP contribution in [0.2, 0.25) is 0 Å². The number of carbonyl (C=O) groups excluding carboxylic acids is 1. The number of hydrogen-bond donors (Lipinski definition) is 1. The Labute approximate surface area is 156 Å². The van der Waals surface area contributed by atoms with E-state index in [9.17, 15) is 4.79 Å². The van der Waals surface area contributed by atoms with E-state index in [1.165, 1.54) is 11.1 Å². The maximum Gasteiger partial charge on any atom is 0.124 e. The molecule has 0 fully saturated rings. The smallest absolute Gasteiger partial charge is 0.124 e. The lowest BCUT2D eigenvalue weighted by molar-refractivity contribution is -0.107. The number of hydrogen-bond acceptors (Lipinski definition) is 3. The fourth-order valence-corrected chi connectivity index (χ4v) is 4.67. The van der Waals surface area contributed by atoms with Crippen LogP contribution >= 0.6 is 15.9 Å². The molecule has 2 aromatic rings. The third-order valence-corrected chi connectivity index (χ3v) is 5.98. The first kappa shape index (κ1) is 16.4. The molecule has 4 rings (SSSR count). The van der Waals surface area contributed by atoms with E-state index in [-0.39, 0.29) is 6.04 Å². The predicted molar refractivity (Wildman–Crippen MR) is 103 cm³/mol. The molecule has 0 radical (unpaired) electrons. The summed E-state index contributed by atoms with van der Waals surface area (Å²) in [5, 5.41) is 3.73. The summed E-state index contributed by atoms with van der Waals surface area (Å²) in [4.78, 5) is 10.9. The van der Waals surface area contributed by atoms with E-state index in [0.29, 0.717) is 18.3 Å². The maximum atomic E-state index is 10.9. The van der Waals surface area contributed by atoms with Crippen molar-refractivity contribution in [2.24, 2.45) is 5.92 Å². The van der Waals surface area contributed by atoms with Crippen molar-refractivity contribution < 1.29 is 9.53 Å². The predicted octanol–water partition coefficient (Wildman–Crippen LogP) is 5.03. The second-order valence-electron chi connectivity index (χ2n) is 6.66. The first-order valence-corrected chi connectivity index (χ1v) is 9.33. The van der Waals surface area contributed by atoms with Crippen LogP contribution in [0.5, 0.6) is 5.75 Å². The second-order valence-corrected chi connectivity index (χ2v) is 7.51. The number of benzene rings is 2. The van der Waals surface area contributed by atoms with Crippen LogP contribution in [-0.4, -0.2) is 13.4 Å². The highest BCUT2D eigenvalue weighted by Gasteiger charge is 2.38. The molecule has 128 valence electrons. The van der Waals surface area contributed by atoms with Gasteiger partial charge in [-0.1, -0.05) is 46.3 Å². The summed E-state index contributed by atoms with van der Waals surface area (Å²) in [7, 11) is 1.68. The first-order valence-electron chi connectivity index (χ1n) is 8.54. The van der Waals surface area contributed by atoms with Crippen molar-refractivity contribution in [1.82, 2.24) is 0 Å². The van der Waals surface area contributed by atoms with Crippen molar-refractivity contribution in [3.05, 3.63) is 69.7 Å². The standard InChI is InChI=1S/C21H20BrNO2/c1-25-14-6-7-17(19(22)12-14)21-16-4-2-3-15(16)18-11-13(9-10-24)5-8-20(18)23-21/h2-3,5-8,10-12,15-16,21,23H,4,9H2,1H3. The zero-order chi connectivity index (χ0) is 17.4. The molecule has 1 heterocycles. The lowest BCUT2D eigenvalue weighted by Crippen LogP contribution is -2.29. The molecule has 4 heteroatoms. The highest BCUT2D eigenvalue weighted by Crippen LogP contribution is 2.51. The average Bonchev–Trinajstić information content (AvgIpc) is 3.11. The van der Waals surface area contributed by atoms with Gasteiger partial charge in [0.1, 0.15) is 12.0 Å². The van der Waals surface area contributed by atoms with Gasteiger partial charge in [0.2, 0.25) is 0 Å². The van der Waals surface area contributed by atoms with Gasteiger partial charge in [-0.15, -0.1) is 0 Å². The van der Waals surface area contributed by atoms with Crippen LogP contribution in [0, 0.1) is 5.92 Å². The molecular formula is C21H20BrNO2. The fourth-order valence-electron chi connectivity index (χ4n) is 4.06. The molecule has 2 aromatic carbocycles. The molecule has 1 N–H and O–H groups in total. The van der Waals surface area contributed by atoms with Gasteiger partial charge in [0.25, 0.3) is 0 Å². The van der Waals surface area contributed by atoms with Crippen molar-refractivity contribution in [2.45, 2.75) is 24.8 Å². The van der Waals surface area contributed by atoms with E-state index in [4.69, 9.17) is 4.74 Å². The van der Waals surface area contributed by atoms with Crippen molar-refractivity contribution in [3.63, 3.8) is 0 Å². The lowest BCUT2D eigenvalue weighted by Gasteiger charge is -2.38. The van der Waals surface area contributed by atoms with E-state index in [0.717, 1.165) is 34.2 Å². The van der Waals surface area contributed by atoms with E-state index in [1.807, 2.05) is 18.2 Å². The molecule has 0 aromatic heterocycles. The van der Waals surface area contributed by atoms with Crippen molar-refractivity contribution >= 4 is 27.9 Å². The SMILES string of the molecule is COc1ccc(C2Nc3ccc(CC=O)cc3C3C=CCC32)c(Br)c1. The van der Waals surface area contributed by atoms with Crippen LogP contribution in [-0.2, 0) is 11.2 Å². The zero-order valence-electron chi connectivity index (χ0n) is 14.0. The van der Waals surface area contributed by atoms with Gasteiger partial charge in [-0.3, -0.25) is 0 Å². The van der Waals surface area contributed by atoms with E-state index in [1.54, 1.807) is 7.11 Å². The minimum atomic E-state index is 0.240. The Morgan fingerprint density at radius 3 is 2.88 bits per heavy atom. The van der Waals surface area contributed by atoms with Gasteiger partial charge < -0.3 is 14.8 Å². The molecule has 0 amide bonds. The monoisotopic (exact) mass is 397 g/mol. The van der Waals surface area contributed by atoms with Crippen molar-refractivity contribution in [3.8, 4) is 5.75 Å². The van der Waals surface area contributed by atoms with Gasteiger partial charge in [0, 0.05) is 22.5 Å². The maximum absolute atomic E-state index is 10.9. The number of carbonyl (C=O) groups is 1.